The van der Waals surface area contributed by atoms with Crippen LogP contribution >= 0.6 is 0 Å². The molecule has 164 valence electrons. The third-order valence-corrected chi connectivity index (χ3v) is 3.72. The van der Waals surface area contributed by atoms with Gasteiger partial charge in [0.1, 0.15) is 0 Å². The number of anilines is 2. The van der Waals surface area contributed by atoms with Gasteiger partial charge < -0.3 is 27.4 Å². The quantitative estimate of drug-likeness (QED) is 0.276. The van der Waals surface area contributed by atoms with Crippen LogP contribution in [0.5, 0.6) is 0 Å². The highest BCUT2D eigenvalue weighted by Gasteiger charge is 2.17. The average molecular weight is 413 g/mol. The fraction of sp³-hybridized carbons (Fsp3) is 0.588. The van der Waals surface area contributed by atoms with Gasteiger partial charge in [0.15, 0.2) is 29.2 Å². The van der Waals surface area contributed by atoms with Crippen LogP contribution in [0.4, 0.5) is 16.0 Å². The maximum atomic E-state index is 13.0. The van der Waals surface area contributed by atoms with Crippen molar-refractivity contribution in [3.8, 4) is 0 Å². The lowest BCUT2D eigenvalue weighted by atomic mass is 10.3. The van der Waals surface area contributed by atoms with Gasteiger partial charge in [0.25, 0.3) is 11.9 Å². The Kier molecular flexibility index (Phi) is 12.4. The van der Waals surface area contributed by atoms with E-state index >= 15 is 0 Å². The molecule has 0 aliphatic rings. The van der Waals surface area contributed by atoms with Gasteiger partial charge in [0, 0.05) is 27.2 Å². The minimum atomic E-state index is -1.05. The Morgan fingerprint density at radius 3 is 2.14 bits per heavy atom. The van der Waals surface area contributed by atoms with Gasteiger partial charge in [-0.3, -0.25) is 20.5 Å². The topological polar surface area (TPSA) is 184 Å². The zero-order chi connectivity index (χ0) is 22.4. The molecule has 0 saturated carbocycles. The van der Waals surface area contributed by atoms with Crippen molar-refractivity contribution in [1.29, 1.82) is 5.41 Å². The first-order valence-electron chi connectivity index (χ1n) is 9.34. The zero-order valence-corrected chi connectivity index (χ0v) is 17.5. The van der Waals surface area contributed by atoms with E-state index in [1.165, 1.54) is 7.05 Å². The summed E-state index contributed by atoms with van der Waals surface area (Å²) in [4.78, 5) is 24.1. The van der Waals surface area contributed by atoms with Crippen molar-refractivity contribution in [3.05, 3.63) is 11.6 Å². The predicted octanol–water partition coefficient (Wildman–Crippen LogP) is 0.497. The second kappa shape index (κ2) is 13.9. The second-order valence-corrected chi connectivity index (χ2v) is 5.99. The van der Waals surface area contributed by atoms with Crippen LogP contribution < -0.4 is 27.8 Å². The zero-order valence-electron chi connectivity index (χ0n) is 17.5. The van der Waals surface area contributed by atoms with E-state index in [1.54, 1.807) is 7.05 Å². The van der Waals surface area contributed by atoms with Crippen molar-refractivity contribution in [2.45, 2.75) is 39.5 Å². The number of carbonyl (C=O) groups is 1. The molecule has 1 amide bonds. The molecule has 0 aromatic carbocycles. The number of aliphatic imine (C=N–C) groups is 1. The molecule has 1 heterocycles. The highest BCUT2D eigenvalue weighted by atomic mass is 19.1. The van der Waals surface area contributed by atoms with Gasteiger partial charge in [-0.05, 0) is 12.8 Å². The van der Waals surface area contributed by atoms with Crippen molar-refractivity contribution in [3.63, 3.8) is 0 Å². The Morgan fingerprint density at radius 1 is 1.17 bits per heavy atom. The number of amides is 1. The number of guanidine groups is 2. The largest absolute Gasteiger partial charge is 0.382 e. The first-order valence-corrected chi connectivity index (χ1v) is 9.34. The third kappa shape index (κ3) is 9.53. The van der Waals surface area contributed by atoms with E-state index in [4.69, 9.17) is 22.6 Å². The number of unbranched alkanes of at least 4 members (excludes halogenated alkanes) is 2. The Morgan fingerprint density at radius 2 is 1.72 bits per heavy atom. The van der Waals surface area contributed by atoms with Gasteiger partial charge in [0.05, 0.1) is 0 Å². The number of nitrogens with two attached hydrogens (primary N) is 3. The lowest BCUT2D eigenvalue weighted by Crippen LogP contribution is -2.39. The molecule has 11 nitrogen and oxygen atoms in total. The van der Waals surface area contributed by atoms with Crippen LogP contribution in [-0.2, 0) is 0 Å². The van der Waals surface area contributed by atoms with E-state index in [1.807, 2.05) is 4.90 Å². The lowest BCUT2D eigenvalue weighted by molar-refractivity contribution is 0.0970. The SMILES string of the molecule is CCCCN(CCCC)C(=N)N.CN=C(NC)NC(=O)c1nc(F)c(N)nc1N. The van der Waals surface area contributed by atoms with Gasteiger partial charge in [-0.15, -0.1) is 0 Å². The van der Waals surface area contributed by atoms with Crippen molar-refractivity contribution in [1.82, 2.24) is 25.5 Å². The Labute approximate surface area is 170 Å². The molecule has 29 heavy (non-hydrogen) atoms. The number of nitrogens with one attached hydrogen (secondary N) is 3. The van der Waals surface area contributed by atoms with Gasteiger partial charge in [-0.2, -0.15) is 4.39 Å². The molecular weight excluding hydrogens is 379 g/mol. The highest BCUT2D eigenvalue weighted by Crippen LogP contribution is 2.10. The van der Waals surface area contributed by atoms with Gasteiger partial charge in [-0.25, -0.2) is 9.97 Å². The van der Waals surface area contributed by atoms with Crippen LogP contribution in [0, 0.1) is 11.4 Å². The molecule has 0 atom stereocenters. The minimum absolute atomic E-state index is 0.188. The van der Waals surface area contributed by atoms with E-state index < -0.39 is 17.7 Å². The van der Waals surface area contributed by atoms with Crippen molar-refractivity contribution >= 4 is 29.5 Å². The van der Waals surface area contributed by atoms with Crippen LogP contribution in [0.1, 0.15) is 50.0 Å². The number of aromatic nitrogens is 2. The molecule has 0 unspecified atom stereocenters. The number of hydrogen-bond donors (Lipinski definition) is 6. The van der Waals surface area contributed by atoms with Crippen LogP contribution in [0.3, 0.4) is 0 Å². The molecule has 12 heteroatoms. The van der Waals surface area contributed by atoms with E-state index in [0.29, 0.717) is 0 Å². The number of hydrogen-bond acceptors (Lipinski definition) is 7. The molecule has 0 spiro atoms. The molecular formula is C17H33FN10O. The number of nitrogen functional groups attached to an aromatic ring is 2. The maximum Gasteiger partial charge on any atom is 0.280 e. The Hall–Kier alpha value is -3.18. The Bertz CT molecular complexity index is 687. The summed E-state index contributed by atoms with van der Waals surface area (Å²) >= 11 is 0. The summed E-state index contributed by atoms with van der Waals surface area (Å²) in [6.45, 7) is 6.17. The van der Waals surface area contributed by atoms with E-state index in [0.717, 1.165) is 38.8 Å². The van der Waals surface area contributed by atoms with Crippen LogP contribution in [0.25, 0.3) is 0 Å². The van der Waals surface area contributed by atoms with Gasteiger partial charge in [-0.1, -0.05) is 26.7 Å². The molecule has 0 saturated heterocycles. The molecule has 1 aromatic rings. The lowest BCUT2D eigenvalue weighted by Gasteiger charge is -2.21. The van der Waals surface area contributed by atoms with E-state index in [2.05, 4.69) is 39.4 Å². The van der Waals surface area contributed by atoms with Crippen LogP contribution in [0.15, 0.2) is 4.99 Å². The minimum Gasteiger partial charge on any atom is -0.382 e. The number of rotatable bonds is 7. The fourth-order valence-corrected chi connectivity index (χ4v) is 2.06. The number of halogens is 1. The fourth-order valence-electron chi connectivity index (χ4n) is 2.06. The summed E-state index contributed by atoms with van der Waals surface area (Å²) in [7, 11) is 3.02. The summed E-state index contributed by atoms with van der Waals surface area (Å²) < 4.78 is 13.0. The molecule has 0 aliphatic heterocycles. The average Bonchev–Trinajstić information content (AvgIpc) is 2.69. The first kappa shape index (κ1) is 25.8. The van der Waals surface area contributed by atoms with Crippen LogP contribution in [0.2, 0.25) is 0 Å². The van der Waals surface area contributed by atoms with Crippen LogP contribution in [-0.4, -0.2) is 59.9 Å². The summed E-state index contributed by atoms with van der Waals surface area (Å²) in [5.41, 5.74) is 15.6. The molecule has 9 N–H and O–H groups in total. The molecule has 0 fully saturated rings. The molecule has 0 bridgehead atoms. The number of nitrogens with zero attached hydrogens (tertiary/aromatic N) is 4. The van der Waals surface area contributed by atoms with Crippen molar-refractivity contribution in [2.24, 2.45) is 10.7 Å². The monoisotopic (exact) mass is 412 g/mol. The molecule has 0 radical (unpaired) electrons. The smallest absolute Gasteiger partial charge is 0.280 e. The van der Waals surface area contributed by atoms with E-state index in [-0.39, 0.29) is 23.4 Å². The van der Waals surface area contributed by atoms with Crippen molar-refractivity contribution in [2.75, 3.05) is 38.7 Å². The summed E-state index contributed by atoms with van der Waals surface area (Å²) in [6, 6.07) is 0. The summed E-state index contributed by atoms with van der Waals surface area (Å²) in [5, 5.41) is 12.3. The van der Waals surface area contributed by atoms with Gasteiger partial charge >= 0.3 is 0 Å². The van der Waals surface area contributed by atoms with Crippen molar-refractivity contribution < 1.29 is 9.18 Å². The van der Waals surface area contributed by atoms with E-state index in [9.17, 15) is 9.18 Å². The second-order valence-electron chi connectivity index (χ2n) is 5.99. The molecule has 1 rings (SSSR count). The van der Waals surface area contributed by atoms with Gasteiger partial charge in [0.2, 0.25) is 0 Å². The maximum absolute atomic E-state index is 13.0. The standard InChI is InChI=1S/C9H21N3.C8H12FN7O/c1-3-5-7-12(9(10)11)8-6-4-2;1-12-8(13-2)16-7(17)3-5(10)15-6(11)4(9)14-3/h3-8H2,1-2H3,(H3,10,11);1-2H3,(H4,10,11,15)(H2,12,13,16,17). The normalized spacial score (nSPS) is 10.6. The number of carbonyl (C=O) groups excluding carboxylic acids is 1. The summed E-state index contributed by atoms with van der Waals surface area (Å²) in [5.74, 6) is -2.09. The molecule has 1 aromatic heterocycles. The highest BCUT2D eigenvalue weighted by molar-refractivity contribution is 6.06. The molecule has 0 aliphatic carbocycles. The summed E-state index contributed by atoms with van der Waals surface area (Å²) in [6.07, 6.45) is 4.58. The third-order valence-electron chi connectivity index (χ3n) is 3.72. The predicted molar refractivity (Wildman–Crippen MR) is 114 cm³/mol. The first-order chi connectivity index (χ1) is 13.7. The Balaban J connectivity index is 0.000000578.